The molecule has 0 amide bonds. The molecule has 1 atom stereocenters. The Bertz CT molecular complexity index is 553. The van der Waals surface area contributed by atoms with E-state index in [2.05, 4.69) is 27.2 Å². The van der Waals surface area contributed by atoms with Crippen LogP contribution in [0.2, 0.25) is 0 Å². The highest BCUT2D eigenvalue weighted by Gasteiger charge is 2.16. The maximum Gasteiger partial charge on any atom is 0.133 e. The molecular weight excluding hydrogens is 236 g/mol. The fourth-order valence-electron chi connectivity index (χ4n) is 2.59. The van der Waals surface area contributed by atoms with Crippen molar-refractivity contribution in [1.82, 2.24) is 15.0 Å². The van der Waals surface area contributed by atoms with Gasteiger partial charge in [0.25, 0.3) is 0 Å². The Hall–Kier alpha value is -1.97. The van der Waals surface area contributed by atoms with Gasteiger partial charge in [0.2, 0.25) is 0 Å². The summed E-state index contributed by atoms with van der Waals surface area (Å²) in [7, 11) is 0. The van der Waals surface area contributed by atoms with Crippen molar-refractivity contribution in [2.75, 3.05) is 5.32 Å². The van der Waals surface area contributed by atoms with Crippen LogP contribution in [-0.4, -0.2) is 15.0 Å². The van der Waals surface area contributed by atoms with Crippen LogP contribution in [0.4, 0.5) is 5.82 Å². The average molecular weight is 254 g/mol. The molecule has 0 bridgehead atoms. The number of nitrogens with one attached hydrogen (secondary N) is 1. The van der Waals surface area contributed by atoms with Crippen molar-refractivity contribution in [3.05, 3.63) is 47.7 Å². The van der Waals surface area contributed by atoms with Gasteiger partial charge < -0.3 is 5.32 Å². The number of rotatable bonds is 3. The van der Waals surface area contributed by atoms with Crippen LogP contribution in [0.15, 0.2) is 30.9 Å². The molecule has 0 aliphatic heterocycles. The van der Waals surface area contributed by atoms with Gasteiger partial charge in [0.05, 0.1) is 6.04 Å². The van der Waals surface area contributed by atoms with Gasteiger partial charge in [-0.15, -0.1) is 0 Å². The van der Waals surface area contributed by atoms with Crippen molar-refractivity contribution in [3.8, 4) is 0 Å². The molecule has 1 N–H and O–H groups in total. The van der Waals surface area contributed by atoms with Gasteiger partial charge >= 0.3 is 0 Å². The summed E-state index contributed by atoms with van der Waals surface area (Å²) < 4.78 is 0. The molecule has 1 aliphatic carbocycles. The molecule has 3 rings (SSSR count). The zero-order valence-electron chi connectivity index (χ0n) is 11.1. The standard InChI is InChI=1S/C15H18N4/c1-11(12-6-8-16-9-7-12)19-15-13-4-2-3-5-14(13)17-10-18-15/h6-11H,2-5H2,1H3,(H,17,18,19). The second-order valence-electron chi connectivity index (χ2n) is 5.00. The van der Waals surface area contributed by atoms with E-state index in [9.17, 15) is 0 Å². The Morgan fingerprint density at radius 1 is 1.11 bits per heavy atom. The van der Waals surface area contributed by atoms with Crippen LogP contribution in [0.1, 0.15) is 42.6 Å². The molecule has 0 aromatic carbocycles. The number of aryl methyl sites for hydroxylation is 1. The van der Waals surface area contributed by atoms with Crippen LogP contribution in [0.25, 0.3) is 0 Å². The number of hydrogen-bond acceptors (Lipinski definition) is 4. The molecule has 2 aromatic rings. The first-order valence-corrected chi connectivity index (χ1v) is 6.84. The van der Waals surface area contributed by atoms with Crippen molar-refractivity contribution in [2.24, 2.45) is 0 Å². The van der Waals surface area contributed by atoms with E-state index in [0.717, 1.165) is 18.7 Å². The van der Waals surface area contributed by atoms with Gasteiger partial charge in [-0.1, -0.05) is 0 Å². The van der Waals surface area contributed by atoms with E-state index in [-0.39, 0.29) is 6.04 Å². The monoisotopic (exact) mass is 254 g/mol. The van der Waals surface area contributed by atoms with E-state index in [1.807, 2.05) is 24.5 Å². The Labute approximate surface area is 113 Å². The second kappa shape index (κ2) is 5.34. The Kier molecular flexibility index (Phi) is 3.40. The van der Waals surface area contributed by atoms with Gasteiger partial charge in [0.15, 0.2) is 0 Å². The van der Waals surface area contributed by atoms with Crippen LogP contribution >= 0.6 is 0 Å². The number of anilines is 1. The summed E-state index contributed by atoms with van der Waals surface area (Å²) in [6, 6.07) is 4.29. The topological polar surface area (TPSA) is 50.7 Å². The number of aromatic nitrogens is 3. The summed E-state index contributed by atoms with van der Waals surface area (Å²) in [5, 5.41) is 3.51. The lowest BCUT2D eigenvalue weighted by molar-refractivity contribution is 0.661. The van der Waals surface area contributed by atoms with Crippen LogP contribution in [0.3, 0.4) is 0 Å². The van der Waals surface area contributed by atoms with Crippen LogP contribution < -0.4 is 5.32 Å². The first kappa shape index (κ1) is 12.1. The maximum absolute atomic E-state index is 4.42. The van der Waals surface area contributed by atoms with E-state index in [4.69, 9.17) is 0 Å². The lowest BCUT2D eigenvalue weighted by Gasteiger charge is -2.21. The van der Waals surface area contributed by atoms with E-state index in [0.29, 0.717) is 0 Å². The lowest BCUT2D eigenvalue weighted by atomic mass is 9.96. The van der Waals surface area contributed by atoms with E-state index < -0.39 is 0 Å². The minimum atomic E-state index is 0.226. The van der Waals surface area contributed by atoms with E-state index >= 15 is 0 Å². The van der Waals surface area contributed by atoms with Gasteiger partial charge in [-0.05, 0) is 50.3 Å². The molecule has 19 heavy (non-hydrogen) atoms. The maximum atomic E-state index is 4.42. The van der Waals surface area contributed by atoms with Crippen LogP contribution in [-0.2, 0) is 12.8 Å². The first-order chi connectivity index (χ1) is 9.34. The number of nitrogens with zero attached hydrogens (tertiary/aromatic N) is 3. The highest BCUT2D eigenvalue weighted by atomic mass is 15.0. The molecule has 2 heterocycles. The van der Waals surface area contributed by atoms with Crippen molar-refractivity contribution in [3.63, 3.8) is 0 Å². The normalized spacial score (nSPS) is 15.6. The minimum absolute atomic E-state index is 0.226. The third kappa shape index (κ3) is 2.57. The molecule has 1 aliphatic rings. The third-order valence-corrected chi connectivity index (χ3v) is 3.68. The third-order valence-electron chi connectivity index (χ3n) is 3.68. The molecule has 0 saturated heterocycles. The molecular formula is C15H18N4. The Morgan fingerprint density at radius 3 is 2.74 bits per heavy atom. The predicted molar refractivity (Wildman–Crippen MR) is 74.9 cm³/mol. The summed E-state index contributed by atoms with van der Waals surface area (Å²) in [4.78, 5) is 12.9. The largest absolute Gasteiger partial charge is 0.363 e. The van der Waals surface area contributed by atoms with Crippen LogP contribution in [0.5, 0.6) is 0 Å². The first-order valence-electron chi connectivity index (χ1n) is 6.84. The Balaban J connectivity index is 1.84. The summed E-state index contributed by atoms with van der Waals surface area (Å²) in [6.45, 7) is 2.15. The summed E-state index contributed by atoms with van der Waals surface area (Å²) in [5.41, 5.74) is 3.73. The van der Waals surface area contributed by atoms with Gasteiger partial charge in [-0.25, -0.2) is 9.97 Å². The fraction of sp³-hybridized carbons (Fsp3) is 0.400. The van der Waals surface area contributed by atoms with Gasteiger partial charge in [-0.2, -0.15) is 0 Å². The molecule has 0 saturated carbocycles. The number of fused-ring (bicyclic) bond motifs is 1. The zero-order chi connectivity index (χ0) is 13.1. The average Bonchev–Trinajstić information content (AvgIpc) is 2.48. The highest BCUT2D eigenvalue weighted by Crippen LogP contribution is 2.27. The number of hydrogen-bond donors (Lipinski definition) is 1. The molecule has 2 aromatic heterocycles. The molecule has 98 valence electrons. The van der Waals surface area contributed by atoms with Crippen molar-refractivity contribution in [1.29, 1.82) is 0 Å². The molecule has 0 spiro atoms. The van der Waals surface area contributed by atoms with Gasteiger partial charge in [0.1, 0.15) is 12.1 Å². The molecule has 4 nitrogen and oxygen atoms in total. The van der Waals surface area contributed by atoms with Gasteiger partial charge in [0, 0.05) is 23.7 Å². The summed E-state index contributed by atoms with van der Waals surface area (Å²) in [5.74, 6) is 0.994. The molecule has 4 heteroatoms. The lowest BCUT2D eigenvalue weighted by Crippen LogP contribution is -2.14. The van der Waals surface area contributed by atoms with E-state index in [1.165, 1.54) is 29.7 Å². The SMILES string of the molecule is CC(Nc1ncnc2c1CCCC2)c1ccncc1. The summed E-state index contributed by atoms with van der Waals surface area (Å²) in [6.07, 6.45) is 9.96. The number of pyridine rings is 1. The van der Waals surface area contributed by atoms with E-state index in [1.54, 1.807) is 6.33 Å². The quantitative estimate of drug-likeness (QED) is 0.915. The molecule has 0 fully saturated rings. The predicted octanol–water partition coefficient (Wildman–Crippen LogP) is 2.92. The summed E-state index contributed by atoms with van der Waals surface area (Å²) >= 11 is 0. The van der Waals surface area contributed by atoms with Crippen molar-refractivity contribution in [2.45, 2.75) is 38.6 Å². The van der Waals surface area contributed by atoms with Crippen molar-refractivity contribution < 1.29 is 0 Å². The Morgan fingerprint density at radius 2 is 1.89 bits per heavy atom. The smallest absolute Gasteiger partial charge is 0.133 e. The highest BCUT2D eigenvalue weighted by molar-refractivity contribution is 5.48. The molecule has 1 unspecified atom stereocenters. The van der Waals surface area contributed by atoms with Crippen molar-refractivity contribution >= 4 is 5.82 Å². The molecule has 0 radical (unpaired) electrons. The van der Waals surface area contributed by atoms with Crippen LogP contribution in [0, 0.1) is 0 Å². The second-order valence-corrected chi connectivity index (χ2v) is 5.00. The zero-order valence-corrected chi connectivity index (χ0v) is 11.1. The minimum Gasteiger partial charge on any atom is -0.363 e. The fourth-order valence-corrected chi connectivity index (χ4v) is 2.59. The van der Waals surface area contributed by atoms with Gasteiger partial charge in [-0.3, -0.25) is 4.98 Å².